The minimum absolute atomic E-state index is 0. The third kappa shape index (κ3) is 21.2. The smallest absolute Gasteiger partial charge is 0.0164 e. The van der Waals surface area contributed by atoms with Crippen LogP contribution in [0.4, 0.5) is 0 Å². The average Bonchev–Trinajstić information content (AvgIpc) is 1.59. The van der Waals surface area contributed by atoms with Crippen LogP contribution in [0.15, 0.2) is 218 Å². The SMILES string of the molecule is CC(C)(C)c1cc2c(c(C(C)(C)C)c1)C(C)(C)c1ccccc1-2.CC(C)(C)c1cc[c-]c(-c2[c-]cccc2C(C)(C)C)c1.CC(C)(C)c1ccc2c(c1)-c1cc(C(C)(C)C)ccc1C2(C)C.CC(C)(C)c1ccc2c(c1)C(C)(C)c1cc(C(C)(C)C)ccc1-2.CC(C)(C)c1cccc2c1-c1c(C(C)(C)C)cccc1C2(C)C.CC(C)(C)c1cccc2c1C(C)(C)c1c-2cccc1C(C)(C)C.[Y]. The summed E-state index contributed by atoms with van der Waals surface area (Å²) in [5.74, 6) is 0. The van der Waals surface area contributed by atoms with Crippen molar-refractivity contribution in [3.8, 4) is 66.8 Å². The van der Waals surface area contributed by atoms with Gasteiger partial charge in [0, 0.05) is 59.8 Å². The second-order valence-electron chi connectivity index (χ2n) is 55.5. The molecule has 1 heteroatoms. The molecule has 5 aliphatic rings. The summed E-state index contributed by atoms with van der Waals surface area (Å²) >= 11 is 0. The molecule has 0 atom stereocenters. The quantitative estimate of drug-likeness (QED) is 0.144. The molecule has 17 rings (SSSR count). The van der Waals surface area contributed by atoms with Gasteiger partial charge < -0.3 is 0 Å². The third-order valence-corrected chi connectivity index (χ3v) is 30.4. The van der Waals surface area contributed by atoms with Crippen molar-refractivity contribution in [3.63, 3.8) is 0 Å². The zero-order valence-electron chi connectivity index (χ0n) is 93.9. The van der Waals surface area contributed by atoms with Gasteiger partial charge >= 0.3 is 0 Å². The summed E-state index contributed by atoms with van der Waals surface area (Å²) in [5, 5.41) is 0. The molecule has 0 aliphatic heterocycles. The summed E-state index contributed by atoms with van der Waals surface area (Å²) < 4.78 is 0. The standard InChI is InChI=1S/5C23H30.C20H24.Y/c1-21(2,3)15-9-11-19-17(13-15)18-14-16(22(4,5)6)10-12-20(18)23(19,7)8;1-21(2,3)15-9-11-17-18-12-10-16(22(4,5)6)14-20(18)23(7,8)19(17)13-15;1-21(2,3)15-11-9-13-17-19(15)20-16(22(4,5)6)12-10-14-18(20)23(17,7)8;1-21(2,3)17-13-9-11-15-16-12-10-14-18(22(4,5)6)20(16)23(7,8)19(15)17;1-21(2,3)15-13-17-16-11-9-10-12-18(16)23(7,8)20(17)19(14-15)22(4,5)6;1-19(2,3)16-11-9-10-15(14-16)17-12-7-8-13-18(17)20(4,5)6;/h5*9-14H,1-8H3;7-9,11,13-14H,1-6H3;/q;;;;;-2;. The van der Waals surface area contributed by atoms with E-state index < -0.39 is 0 Å². The van der Waals surface area contributed by atoms with E-state index in [1.165, 1.54) is 184 Å². The molecular weight excluding hydrogens is 1710 g/mol. The Morgan fingerprint density at radius 1 is 0.176 bits per heavy atom. The molecule has 0 unspecified atom stereocenters. The topological polar surface area (TPSA) is 0 Å². The van der Waals surface area contributed by atoms with E-state index in [4.69, 9.17) is 0 Å². The number of hydrogen-bond donors (Lipinski definition) is 0. The molecule has 1 radical (unpaired) electrons. The van der Waals surface area contributed by atoms with Gasteiger partial charge in [0.05, 0.1) is 0 Å². The van der Waals surface area contributed by atoms with Crippen molar-refractivity contribution >= 4 is 0 Å². The van der Waals surface area contributed by atoms with Gasteiger partial charge in [-0.05, 0) is 226 Å². The maximum Gasteiger partial charge on any atom is 0.0164 e. The van der Waals surface area contributed by atoms with Gasteiger partial charge in [-0.25, -0.2) is 11.1 Å². The maximum absolute atomic E-state index is 3.41. The molecule has 0 spiro atoms. The minimum Gasteiger partial charge on any atom is -0.226 e. The molecule has 0 amide bonds. The summed E-state index contributed by atoms with van der Waals surface area (Å²) in [6.07, 6.45) is 0. The normalized spacial score (nSPS) is 15.5. The summed E-state index contributed by atoms with van der Waals surface area (Å²) in [4.78, 5) is 0. The van der Waals surface area contributed by atoms with Crippen LogP contribution in [0.2, 0.25) is 0 Å². The first-order valence-corrected chi connectivity index (χ1v) is 50.9. The second-order valence-corrected chi connectivity index (χ2v) is 55.5. The summed E-state index contributed by atoms with van der Waals surface area (Å²) in [5.41, 5.74) is 51.1. The first kappa shape index (κ1) is 108. The predicted octanol–water partition coefficient (Wildman–Crippen LogP) is 38.5. The zero-order chi connectivity index (χ0) is 101. The van der Waals surface area contributed by atoms with Crippen molar-refractivity contribution < 1.29 is 32.7 Å². The minimum atomic E-state index is 0. The maximum atomic E-state index is 3.41. The Kier molecular flexibility index (Phi) is 29.2. The molecule has 0 fully saturated rings. The van der Waals surface area contributed by atoms with Crippen LogP contribution in [0.1, 0.15) is 441 Å². The van der Waals surface area contributed by atoms with Gasteiger partial charge in [-0.15, -0.1) is 17.7 Å². The Hall–Kier alpha value is -8.26. The fourth-order valence-corrected chi connectivity index (χ4v) is 22.0. The number of benzene rings is 12. The molecule has 0 aromatic heterocycles. The van der Waals surface area contributed by atoms with Crippen molar-refractivity contribution in [1.82, 2.24) is 0 Å². The first-order chi connectivity index (χ1) is 61.4. The van der Waals surface area contributed by atoms with E-state index in [1.54, 1.807) is 0 Å². The predicted molar refractivity (Wildman–Crippen MR) is 594 cm³/mol. The summed E-state index contributed by atoms with van der Waals surface area (Å²) in [7, 11) is 0. The van der Waals surface area contributed by atoms with Crippen molar-refractivity contribution in [2.24, 2.45) is 0 Å². The molecule has 0 saturated carbocycles. The van der Waals surface area contributed by atoms with Crippen LogP contribution < -0.4 is 0 Å². The molecule has 719 valence electrons. The molecule has 12 aromatic rings. The molecule has 5 aliphatic carbocycles. The van der Waals surface area contributed by atoms with Crippen LogP contribution in [0.5, 0.6) is 0 Å². The van der Waals surface area contributed by atoms with Crippen LogP contribution in [-0.2, 0) is 125 Å². The molecule has 136 heavy (non-hydrogen) atoms. The van der Waals surface area contributed by atoms with Gasteiger partial charge in [0.1, 0.15) is 0 Å². The molecule has 0 bridgehead atoms. The van der Waals surface area contributed by atoms with E-state index in [2.05, 4.69) is 537 Å². The number of fused-ring (bicyclic) bond motifs is 15. The Balaban J connectivity index is 0.000000157. The van der Waals surface area contributed by atoms with Gasteiger partial charge in [-0.2, -0.15) is 42.0 Å². The van der Waals surface area contributed by atoms with Crippen LogP contribution in [0, 0.1) is 12.1 Å². The zero-order valence-corrected chi connectivity index (χ0v) is 96.7. The summed E-state index contributed by atoms with van der Waals surface area (Å²) in [6, 6.07) is 89.2. The third-order valence-electron chi connectivity index (χ3n) is 30.4. The van der Waals surface area contributed by atoms with Crippen LogP contribution in [0.3, 0.4) is 0 Å². The fourth-order valence-electron chi connectivity index (χ4n) is 22.0. The second kappa shape index (κ2) is 36.7. The van der Waals surface area contributed by atoms with Crippen LogP contribution >= 0.6 is 0 Å². The van der Waals surface area contributed by atoms with E-state index in [0.717, 1.165) is 5.56 Å². The molecule has 0 heterocycles. The molecule has 0 N–H and O–H groups in total. The first-order valence-electron chi connectivity index (χ1n) is 50.9. The van der Waals surface area contributed by atoms with E-state index in [0.29, 0.717) is 0 Å². The average molecular weight is 1890 g/mol. The Morgan fingerprint density at radius 2 is 0.471 bits per heavy atom. The molecule has 0 nitrogen and oxygen atoms in total. The van der Waals surface area contributed by atoms with Crippen molar-refractivity contribution in [2.75, 3.05) is 0 Å². The van der Waals surface area contributed by atoms with Crippen molar-refractivity contribution in [1.29, 1.82) is 0 Å². The van der Waals surface area contributed by atoms with Crippen molar-refractivity contribution in [2.45, 2.75) is 411 Å². The Morgan fingerprint density at radius 3 is 0.860 bits per heavy atom. The van der Waals surface area contributed by atoms with Crippen LogP contribution in [-0.4, -0.2) is 0 Å². The van der Waals surface area contributed by atoms with Gasteiger partial charge in [-0.1, -0.05) is 506 Å². The molecule has 12 aromatic carbocycles. The van der Waals surface area contributed by atoms with Gasteiger partial charge in [0.15, 0.2) is 0 Å². The monoisotopic (exact) mass is 1880 g/mol. The van der Waals surface area contributed by atoms with E-state index in [9.17, 15) is 0 Å². The Labute approximate surface area is 855 Å². The van der Waals surface area contributed by atoms with E-state index in [1.807, 2.05) is 12.1 Å². The molecular formula is C135H174Y-2. The van der Waals surface area contributed by atoms with Gasteiger partial charge in [-0.3, -0.25) is 0 Å². The van der Waals surface area contributed by atoms with Gasteiger partial charge in [0.2, 0.25) is 0 Å². The van der Waals surface area contributed by atoms with E-state index in [-0.39, 0.29) is 125 Å². The summed E-state index contributed by atoms with van der Waals surface area (Å²) in [6.45, 7) is 107. The van der Waals surface area contributed by atoms with Crippen molar-refractivity contribution in [3.05, 3.63) is 353 Å². The largest absolute Gasteiger partial charge is 0.226 e. The van der Waals surface area contributed by atoms with Gasteiger partial charge in [0.25, 0.3) is 0 Å². The molecule has 0 saturated heterocycles. The van der Waals surface area contributed by atoms with Crippen LogP contribution in [0.25, 0.3) is 66.8 Å². The Bertz CT molecular complexity index is 6170. The number of hydrogen-bond acceptors (Lipinski definition) is 0. The fraction of sp³-hybridized carbons (Fsp3) is 0.467. The number of rotatable bonds is 1. The van der Waals surface area contributed by atoms with E-state index >= 15 is 0 Å².